The van der Waals surface area contributed by atoms with E-state index in [1.807, 2.05) is 30.3 Å². The summed E-state index contributed by atoms with van der Waals surface area (Å²) < 4.78 is 15.8. The molecule has 3 atom stereocenters. The normalized spacial score (nSPS) is 23.6. The Morgan fingerprint density at radius 3 is 2.45 bits per heavy atom. The number of alkyl carbamates (subject to hydrolysis) is 2. The zero-order valence-electron chi connectivity index (χ0n) is 18.3. The van der Waals surface area contributed by atoms with Gasteiger partial charge in [-0.25, -0.2) is 14.4 Å². The molecule has 1 saturated heterocycles. The molecule has 0 radical (unpaired) electrons. The van der Waals surface area contributed by atoms with E-state index in [0.29, 0.717) is 32.4 Å². The SMILES string of the molecule is CC(C)(C)OC(=O)N[C@@H]1C[C@@H](N2CCOC2=O)CC[C@@H]1NC(=O)OCc1ccccc1. The van der Waals surface area contributed by atoms with Crippen LogP contribution in [0.4, 0.5) is 14.4 Å². The van der Waals surface area contributed by atoms with Crippen molar-refractivity contribution in [2.75, 3.05) is 13.2 Å². The smallest absolute Gasteiger partial charge is 0.410 e. The molecule has 2 N–H and O–H groups in total. The van der Waals surface area contributed by atoms with Crippen molar-refractivity contribution in [2.45, 2.75) is 70.4 Å². The molecule has 0 aromatic heterocycles. The van der Waals surface area contributed by atoms with Gasteiger partial charge in [-0.3, -0.25) is 0 Å². The third-order valence-corrected chi connectivity index (χ3v) is 5.27. The third kappa shape index (κ3) is 6.77. The van der Waals surface area contributed by atoms with Crippen LogP contribution in [-0.4, -0.2) is 60.1 Å². The fourth-order valence-electron chi connectivity index (χ4n) is 3.88. The van der Waals surface area contributed by atoms with Gasteiger partial charge in [-0.15, -0.1) is 0 Å². The monoisotopic (exact) mass is 433 g/mol. The second-order valence-corrected chi connectivity index (χ2v) is 8.84. The first-order valence-corrected chi connectivity index (χ1v) is 10.6. The Labute approximate surface area is 182 Å². The minimum absolute atomic E-state index is 0.0756. The van der Waals surface area contributed by atoms with E-state index in [4.69, 9.17) is 14.2 Å². The summed E-state index contributed by atoms with van der Waals surface area (Å²) in [6.07, 6.45) is 0.295. The van der Waals surface area contributed by atoms with Gasteiger partial charge in [0.2, 0.25) is 0 Å². The average Bonchev–Trinajstić information content (AvgIpc) is 3.13. The first kappa shape index (κ1) is 22.7. The Hall–Kier alpha value is -2.97. The predicted octanol–water partition coefficient (Wildman–Crippen LogP) is 3.18. The fraction of sp³-hybridized carbons (Fsp3) is 0.591. The highest BCUT2D eigenvalue weighted by molar-refractivity contribution is 5.71. The van der Waals surface area contributed by atoms with Crippen LogP contribution in [0, 0.1) is 0 Å². The van der Waals surface area contributed by atoms with Gasteiger partial charge in [-0.2, -0.15) is 0 Å². The Morgan fingerprint density at radius 2 is 1.81 bits per heavy atom. The van der Waals surface area contributed by atoms with Gasteiger partial charge in [0.05, 0.1) is 18.6 Å². The molecule has 2 aliphatic rings. The standard InChI is InChI=1S/C22H31N3O6/c1-22(2,3)31-20(27)24-18-13-16(25-11-12-29-21(25)28)9-10-17(18)23-19(26)30-14-15-7-5-4-6-8-15/h4-8,16-18H,9-14H2,1-3H3,(H,23,26)(H,24,27)/t16-,17-,18+/m0/s1. The van der Waals surface area contributed by atoms with Gasteiger partial charge in [-0.1, -0.05) is 30.3 Å². The number of nitrogens with one attached hydrogen (secondary N) is 2. The van der Waals surface area contributed by atoms with Crippen LogP contribution in [0.15, 0.2) is 30.3 Å². The zero-order chi connectivity index (χ0) is 22.4. The maximum atomic E-state index is 12.4. The molecule has 2 fully saturated rings. The fourth-order valence-corrected chi connectivity index (χ4v) is 3.88. The number of carbonyl (C=O) groups excluding carboxylic acids is 3. The molecule has 0 spiro atoms. The van der Waals surface area contributed by atoms with Crippen LogP contribution in [0.1, 0.15) is 45.6 Å². The van der Waals surface area contributed by atoms with Crippen LogP contribution in [0.5, 0.6) is 0 Å². The molecule has 9 nitrogen and oxygen atoms in total. The molecule has 1 heterocycles. The van der Waals surface area contributed by atoms with Crippen molar-refractivity contribution in [3.8, 4) is 0 Å². The quantitative estimate of drug-likeness (QED) is 0.691. The molecule has 1 aliphatic carbocycles. The van der Waals surface area contributed by atoms with Crippen LogP contribution in [0.25, 0.3) is 0 Å². The largest absolute Gasteiger partial charge is 0.448 e. The molecule has 0 unspecified atom stereocenters. The van der Waals surface area contributed by atoms with Gasteiger partial charge in [0.15, 0.2) is 0 Å². The molecule has 1 saturated carbocycles. The van der Waals surface area contributed by atoms with Gasteiger partial charge >= 0.3 is 18.3 Å². The zero-order valence-corrected chi connectivity index (χ0v) is 18.3. The van der Waals surface area contributed by atoms with Gasteiger partial charge in [0.1, 0.15) is 18.8 Å². The first-order chi connectivity index (χ1) is 14.7. The molecule has 1 aromatic rings. The number of hydrogen-bond acceptors (Lipinski definition) is 6. The second-order valence-electron chi connectivity index (χ2n) is 8.84. The van der Waals surface area contributed by atoms with Crippen molar-refractivity contribution in [2.24, 2.45) is 0 Å². The van der Waals surface area contributed by atoms with Crippen LogP contribution in [-0.2, 0) is 20.8 Å². The van der Waals surface area contributed by atoms with Gasteiger partial charge in [-0.05, 0) is 45.6 Å². The minimum atomic E-state index is -0.644. The van der Waals surface area contributed by atoms with E-state index in [9.17, 15) is 14.4 Å². The highest BCUT2D eigenvalue weighted by atomic mass is 16.6. The van der Waals surface area contributed by atoms with Crippen LogP contribution in [0.3, 0.4) is 0 Å². The number of benzene rings is 1. The third-order valence-electron chi connectivity index (χ3n) is 5.27. The highest BCUT2D eigenvalue weighted by Gasteiger charge is 2.39. The van der Waals surface area contributed by atoms with E-state index < -0.39 is 23.8 Å². The van der Waals surface area contributed by atoms with E-state index in [1.54, 1.807) is 25.7 Å². The summed E-state index contributed by atoms with van der Waals surface area (Å²) in [5.74, 6) is 0. The van der Waals surface area contributed by atoms with Crippen LogP contribution < -0.4 is 10.6 Å². The number of rotatable bonds is 5. The number of hydrogen-bond donors (Lipinski definition) is 2. The molecule has 3 amide bonds. The average molecular weight is 434 g/mol. The topological polar surface area (TPSA) is 106 Å². The molecule has 0 bridgehead atoms. The molecule has 31 heavy (non-hydrogen) atoms. The molecular formula is C22H31N3O6. The predicted molar refractivity (Wildman–Crippen MR) is 112 cm³/mol. The lowest BCUT2D eigenvalue weighted by Crippen LogP contribution is -2.58. The summed E-state index contributed by atoms with van der Waals surface area (Å²) in [4.78, 5) is 38.4. The van der Waals surface area contributed by atoms with E-state index >= 15 is 0 Å². The Kier molecular flexibility index (Phi) is 7.25. The second kappa shape index (κ2) is 9.89. The van der Waals surface area contributed by atoms with Gasteiger partial charge in [0, 0.05) is 6.04 Å². The molecular weight excluding hydrogens is 402 g/mol. The summed E-state index contributed by atoms with van der Waals surface area (Å²) in [6, 6.07) is 8.57. The summed E-state index contributed by atoms with van der Waals surface area (Å²) in [5, 5.41) is 5.73. The molecule has 3 rings (SSSR count). The van der Waals surface area contributed by atoms with Crippen molar-refractivity contribution in [3.63, 3.8) is 0 Å². The highest BCUT2D eigenvalue weighted by Crippen LogP contribution is 2.26. The first-order valence-electron chi connectivity index (χ1n) is 10.6. The van der Waals surface area contributed by atoms with E-state index in [2.05, 4.69) is 10.6 Å². The van der Waals surface area contributed by atoms with E-state index in [1.165, 1.54) is 0 Å². The summed E-state index contributed by atoms with van der Waals surface area (Å²) in [6.45, 7) is 6.41. The number of carbonyl (C=O) groups is 3. The van der Waals surface area contributed by atoms with E-state index in [-0.39, 0.29) is 24.8 Å². The lowest BCUT2D eigenvalue weighted by molar-refractivity contribution is 0.0453. The van der Waals surface area contributed by atoms with Crippen molar-refractivity contribution < 1.29 is 28.6 Å². The van der Waals surface area contributed by atoms with Crippen molar-refractivity contribution in [3.05, 3.63) is 35.9 Å². The lowest BCUT2D eigenvalue weighted by atomic mass is 9.86. The number of cyclic esters (lactones) is 1. The molecule has 1 aliphatic heterocycles. The number of nitrogens with zero attached hydrogens (tertiary/aromatic N) is 1. The Bertz CT molecular complexity index is 779. The van der Waals surface area contributed by atoms with Crippen LogP contribution in [0.2, 0.25) is 0 Å². The lowest BCUT2D eigenvalue weighted by Gasteiger charge is -2.39. The maximum absolute atomic E-state index is 12.4. The van der Waals surface area contributed by atoms with Crippen LogP contribution >= 0.6 is 0 Å². The van der Waals surface area contributed by atoms with Gasteiger partial charge < -0.3 is 29.7 Å². The summed E-state index contributed by atoms with van der Waals surface area (Å²) in [5.41, 5.74) is 0.242. The molecule has 9 heteroatoms. The van der Waals surface area contributed by atoms with Crippen molar-refractivity contribution in [1.29, 1.82) is 0 Å². The Balaban J connectivity index is 1.61. The summed E-state index contributed by atoms with van der Waals surface area (Å²) >= 11 is 0. The minimum Gasteiger partial charge on any atom is -0.448 e. The van der Waals surface area contributed by atoms with Crippen molar-refractivity contribution in [1.82, 2.24) is 15.5 Å². The molecule has 1 aromatic carbocycles. The van der Waals surface area contributed by atoms with Crippen molar-refractivity contribution >= 4 is 18.3 Å². The van der Waals surface area contributed by atoms with E-state index in [0.717, 1.165) is 5.56 Å². The Morgan fingerprint density at radius 1 is 1.10 bits per heavy atom. The maximum Gasteiger partial charge on any atom is 0.410 e. The molecule has 170 valence electrons. The number of ether oxygens (including phenoxy) is 3. The number of amides is 3. The van der Waals surface area contributed by atoms with Gasteiger partial charge in [0.25, 0.3) is 0 Å². The summed E-state index contributed by atoms with van der Waals surface area (Å²) in [7, 11) is 0.